The first-order valence-corrected chi connectivity index (χ1v) is 27.0. The molecule has 3 heterocycles. The number of allylic oxidation sites excluding steroid dienone is 3. The van der Waals surface area contributed by atoms with E-state index in [9.17, 15) is 14.7 Å². The Morgan fingerprint density at radius 1 is 0.852 bits per heavy atom. The molecular weight excluding hydrogens is 785 g/mol. The van der Waals surface area contributed by atoms with Crippen molar-refractivity contribution in [2.45, 2.75) is 240 Å². The zero-order chi connectivity index (χ0) is 46.3. The third-order valence-electron chi connectivity index (χ3n) is 15.1. The van der Waals surface area contributed by atoms with Crippen molar-refractivity contribution in [3.63, 3.8) is 0 Å². The molecule has 3 rings (SSSR count). The van der Waals surface area contributed by atoms with E-state index >= 15 is 0 Å². The number of carbonyl (C=O) groups excluding carboxylic acids is 2. The number of aliphatic hydroxyl groups is 1. The summed E-state index contributed by atoms with van der Waals surface area (Å²) in [5.41, 5.74) is -0.660. The summed E-state index contributed by atoms with van der Waals surface area (Å²) < 4.78 is 38.7. The molecule has 0 bridgehead atoms. The van der Waals surface area contributed by atoms with Gasteiger partial charge in [0, 0.05) is 42.6 Å². The highest BCUT2D eigenvalue weighted by Gasteiger charge is 2.54. The van der Waals surface area contributed by atoms with E-state index in [2.05, 4.69) is 101 Å². The van der Waals surface area contributed by atoms with Gasteiger partial charge in [0.1, 0.15) is 0 Å². The normalized spacial score (nSPS) is 32.3. The fourth-order valence-electron chi connectivity index (χ4n) is 9.91. The van der Waals surface area contributed by atoms with Crippen molar-refractivity contribution in [3.8, 4) is 0 Å². The van der Waals surface area contributed by atoms with Gasteiger partial charge >= 0.3 is 5.97 Å². The molecule has 61 heavy (non-hydrogen) atoms. The van der Waals surface area contributed by atoms with Crippen LogP contribution in [0.3, 0.4) is 0 Å². The molecular formula is C51H92O9Si. The average Bonchev–Trinajstić information content (AvgIpc) is 3.74. The van der Waals surface area contributed by atoms with Crippen LogP contribution in [-0.4, -0.2) is 79.8 Å². The molecule has 0 radical (unpaired) electrons. The first-order chi connectivity index (χ1) is 28.0. The molecule has 0 amide bonds. The summed E-state index contributed by atoms with van der Waals surface area (Å²) in [7, 11) is -0.513. The number of aliphatic hydroxyl groups excluding tert-OH is 1. The van der Waals surface area contributed by atoms with Crippen LogP contribution >= 0.6 is 0 Å². The van der Waals surface area contributed by atoms with E-state index in [0.717, 1.165) is 64.2 Å². The molecule has 1 N–H and O–H groups in total. The van der Waals surface area contributed by atoms with E-state index in [0.29, 0.717) is 24.2 Å². The summed E-state index contributed by atoms with van der Waals surface area (Å²) in [5.74, 6) is 0.395. The molecule has 0 saturated carbocycles. The predicted molar refractivity (Wildman–Crippen MR) is 250 cm³/mol. The van der Waals surface area contributed by atoms with E-state index in [1.165, 1.54) is 13.2 Å². The van der Waals surface area contributed by atoms with Gasteiger partial charge in [-0.1, -0.05) is 81.4 Å². The second-order valence-corrected chi connectivity index (χ2v) is 27.5. The number of ether oxygens (including phenoxy) is 5. The van der Waals surface area contributed by atoms with Gasteiger partial charge in [0.05, 0.1) is 54.6 Å². The van der Waals surface area contributed by atoms with E-state index < -0.39 is 14.1 Å². The largest absolute Gasteiger partial charge is 0.512 e. The number of rotatable bonds is 22. The van der Waals surface area contributed by atoms with Crippen LogP contribution in [0.2, 0.25) is 18.1 Å². The minimum Gasteiger partial charge on any atom is -0.512 e. The minimum absolute atomic E-state index is 0.000883. The Labute approximate surface area is 374 Å². The van der Waals surface area contributed by atoms with Crippen molar-refractivity contribution >= 4 is 20.1 Å². The average molecular weight is 877 g/mol. The zero-order valence-electron chi connectivity index (χ0n) is 42.2. The Morgan fingerprint density at radius 2 is 1.49 bits per heavy atom. The molecule has 3 saturated heterocycles. The van der Waals surface area contributed by atoms with Crippen molar-refractivity contribution < 1.29 is 42.8 Å². The highest BCUT2D eigenvalue weighted by molar-refractivity contribution is 6.74. The molecule has 0 unspecified atom stereocenters. The first kappa shape index (κ1) is 53.8. The zero-order valence-corrected chi connectivity index (χ0v) is 43.2. The number of ketones is 1. The summed E-state index contributed by atoms with van der Waals surface area (Å²) in [6.07, 6.45) is 15.5. The maximum Gasteiger partial charge on any atom is 0.305 e. The molecule has 3 aliphatic heterocycles. The standard InChI is InChI=1S/C51H92O9Si/c1-33(29-37(5)42(52)32-43(53)38(6)30-35(3)28-34(2)22-23-46(54)55-16)20-19-21-36(4)47-39(7)44(57-49(12,13)59-47)31-41-24-26-51(15,56-41)45-25-27-50(14,58-45)40(8)60-61(17,18)48(9,10)11/h19,21,32-41,44-45,47,52H,20,22-31H2,1-18H3/b21-19+,42-32-/t33-,34-,35+,36-,37-,38+,39+,40-,41+,44+,45-,47-,50+,51+/m1/s1. The molecule has 9 nitrogen and oxygen atoms in total. The van der Waals surface area contributed by atoms with Crippen LogP contribution in [0.15, 0.2) is 24.0 Å². The molecule has 0 aromatic rings. The monoisotopic (exact) mass is 877 g/mol. The number of hydrogen-bond donors (Lipinski definition) is 1. The Morgan fingerprint density at radius 3 is 2.11 bits per heavy atom. The number of methoxy groups -OCH3 is 1. The van der Waals surface area contributed by atoms with Crippen LogP contribution in [0.5, 0.6) is 0 Å². The highest BCUT2D eigenvalue weighted by Crippen LogP contribution is 2.48. The molecule has 0 spiro atoms. The van der Waals surface area contributed by atoms with E-state index in [4.69, 9.17) is 28.1 Å². The molecule has 354 valence electrons. The number of carbonyl (C=O) groups is 2. The van der Waals surface area contributed by atoms with Crippen LogP contribution in [-0.2, 0) is 37.7 Å². The minimum atomic E-state index is -1.93. The second kappa shape index (κ2) is 22.1. The Balaban J connectivity index is 1.50. The van der Waals surface area contributed by atoms with Crippen LogP contribution < -0.4 is 0 Å². The fourth-order valence-corrected chi connectivity index (χ4v) is 11.4. The van der Waals surface area contributed by atoms with Crippen molar-refractivity contribution in [1.82, 2.24) is 0 Å². The molecule has 0 aromatic carbocycles. The van der Waals surface area contributed by atoms with Gasteiger partial charge in [-0.15, -0.1) is 0 Å². The van der Waals surface area contributed by atoms with Crippen LogP contribution in [0.1, 0.15) is 174 Å². The highest BCUT2D eigenvalue weighted by atomic mass is 28.4. The Bertz CT molecular complexity index is 1470. The topological polar surface area (TPSA) is 110 Å². The van der Waals surface area contributed by atoms with Gasteiger partial charge < -0.3 is 33.2 Å². The number of esters is 1. The molecule has 0 aromatic heterocycles. The molecule has 3 fully saturated rings. The smallest absolute Gasteiger partial charge is 0.305 e. The second-order valence-electron chi connectivity index (χ2n) is 22.7. The van der Waals surface area contributed by atoms with E-state index in [1.807, 2.05) is 27.7 Å². The molecule has 3 aliphatic rings. The molecule has 10 heteroatoms. The summed E-state index contributed by atoms with van der Waals surface area (Å²) in [6, 6.07) is 0. The summed E-state index contributed by atoms with van der Waals surface area (Å²) in [5, 5.41) is 11.1. The maximum atomic E-state index is 13.0. The van der Waals surface area contributed by atoms with Crippen molar-refractivity contribution in [2.24, 2.45) is 41.4 Å². The van der Waals surface area contributed by atoms with Gasteiger partial charge in [0.15, 0.2) is 19.9 Å². The van der Waals surface area contributed by atoms with Crippen molar-refractivity contribution in [3.05, 3.63) is 24.0 Å². The van der Waals surface area contributed by atoms with Crippen LogP contribution in [0.4, 0.5) is 0 Å². The fraction of sp³-hybridized carbons (Fsp3) is 0.882. The first-order valence-electron chi connectivity index (χ1n) is 24.1. The summed E-state index contributed by atoms with van der Waals surface area (Å²) in [6.45, 7) is 37.2. The Hall–Kier alpha value is -1.56. The lowest BCUT2D eigenvalue weighted by molar-refractivity contribution is -0.328. The lowest BCUT2D eigenvalue weighted by Gasteiger charge is -2.47. The van der Waals surface area contributed by atoms with Crippen LogP contribution in [0.25, 0.3) is 0 Å². The maximum absolute atomic E-state index is 13.0. The van der Waals surface area contributed by atoms with Crippen LogP contribution in [0, 0.1) is 41.4 Å². The number of hydrogen-bond acceptors (Lipinski definition) is 9. The third-order valence-corrected chi connectivity index (χ3v) is 19.7. The molecule has 0 aliphatic carbocycles. The third kappa shape index (κ3) is 15.5. The Kier molecular flexibility index (Phi) is 19.5. The van der Waals surface area contributed by atoms with Crippen molar-refractivity contribution in [1.29, 1.82) is 0 Å². The summed E-state index contributed by atoms with van der Waals surface area (Å²) in [4.78, 5) is 24.5. The van der Waals surface area contributed by atoms with Gasteiger partial charge in [-0.05, 0) is 128 Å². The van der Waals surface area contributed by atoms with Gasteiger partial charge in [-0.3, -0.25) is 9.59 Å². The SMILES string of the molecule is COC(=O)CC[C@@H](C)C[C@H](C)C[C@H](C)C(=O)/C=C(\O)[C@H](C)C[C@H](C)C/C=C/[C@@H](C)[C@H]1OC(C)(C)O[C@@H](C[C@@H]2CC[C@@](C)([C@H]3CC[C@@](C)([C@@H](C)O[Si](C)(C)C(C)(C)C)O3)O2)[C@@H]1C. The van der Waals surface area contributed by atoms with E-state index in [-0.39, 0.29) is 87.9 Å². The van der Waals surface area contributed by atoms with Gasteiger partial charge in [0.25, 0.3) is 0 Å². The van der Waals surface area contributed by atoms with Gasteiger partial charge in [-0.25, -0.2) is 0 Å². The lowest BCUT2D eigenvalue weighted by Crippen LogP contribution is -2.53. The van der Waals surface area contributed by atoms with E-state index in [1.54, 1.807) is 0 Å². The summed E-state index contributed by atoms with van der Waals surface area (Å²) >= 11 is 0. The quantitative estimate of drug-likeness (QED) is 0.0374. The van der Waals surface area contributed by atoms with Crippen molar-refractivity contribution in [2.75, 3.05) is 7.11 Å². The lowest BCUT2D eigenvalue weighted by atomic mass is 9.84. The van der Waals surface area contributed by atoms with Gasteiger partial charge in [-0.2, -0.15) is 0 Å². The predicted octanol–water partition coefficient (Wildman–Crippen LogP) is 12.7. The molecule has 14 atom stereocenters. The van der Waals surface area contributed by atoms with Gasteiger partial charge in [0.2, 0.25) is 0 Å².